The van der Waals surface area contributed by atoms with E-state index in [9.17, 15) is 18.5 Å². The molecular formula is C20H22N4O4S. The van der Waals surface area contributed by atoms with Gasteiger partial charge in [0.15, 0.2) is 0 Å². The maximum Gasteiger partial charge on any atom is 0.263 e. The number of nitrogens with two attached hydrogens (primary N) is 1. The van der Waals surface area contributed by atoms with E-state index in [-0.39, 0.29) is 16.5 Å². The van der Waals surface area contributed by atoms with Gasteiger partial charge in [-0.15, -0.1) is 0 Å². The zero-order chi connectivity index (χ0) is 21.4. The second-order valence-electron chi connectivity index (χ2n) is 6.21. The van der Waals surface area contributed by atoms with Gasteiger partial charge in [-0.3, -0.25) is 4.79 Å². The largest absolute Gasteiger partial charge is 0.497 e. The molecule has 0 aliphatic carbocycles. The van der Waals surface area contributed by atoms with E-state index < -0.39 is 15.9 Å². The second-order valence-corrected chi connectivity index (χ2v) is 7.77. The molecule has 1 amide bonds. The zero-order valence-corrected chi connectivity index (χ0v) is 16.9. The van der Waals surface area contributed by atoms with Crippen LogP contribution in [-0.2, 0) is 21.4 Å². The highest BCUT2D eigenvalue weighted by molar-refractivity contribution is 7.89. The van der Waals surface area contributed by atoms with Crippen LogP contribution in [0, 0.1) is 11.3 Å². The molecule has 0 aromatic heterocycles. The van der Waals surface area contributed by atoms with Crippen LogP contribution in [0.4, 0.5) is 0 Å². The lowest BCUT2D eigenvalue weighted by Gasteiger charge is -2.14. The van der Waals surface area contributed by atoms with Crippen LogP contribution >= 0.6 is 0 Å². The summed E-state index contributed by atoms with van der Waals surface area (Å²) < 4.78 is 27.6. The zero-order valence-electron chi connectivity index (χ0n) is 16.0. The van der Waals surface area contributed by atoms with Gasteiger partial charge in [0.2, 0.25) is 10.0 Å². The number of methoxy groups -OCH3 is 1. The lowest BCUT2D eigenvalue weighted by molar-refractivity contribution is -0.117. The lowest BCUT2D eigenvalue weighted by Crippen LogP contribution is -2.28. The molecule has 8 nitrogen and oxygen atoms in total. The van der Waals surface area contributed by atoms with Gasteiger partial charge in [0, 0.05) is 12.7 Å². The summed E-state index contributed by atoms with van der Waals surface area (Å²) in [6.07, 6.45) is 1.32. The van der Waals surface area contributed by atoms with Crippen molar-refractivity contribution in [1.29, 1.82) is 5.26 Å². The standard InChI is InChI=1S/C20H22N4O4S/c1-14(16-5-7-18(28-2)8-6-16)24-20(25)17(11-21)13-23-12-15-3-9-19(10-4-15)29(22,26)27/h3-10,13-14,23H,12H2,1-2H3,(H,24,25)(H2,22,26,27)/b17-13-. The molecule has 0 saturated heterocycles. The predicted octanol–water partition coefficient (Wildman–Crippen LogP) is 1.72. The molecule has 2 aromatic carbocycles. The SMILES string of the molecule is COc1ccc(C(C)NC(=O)/C(C#N)=C\NCc2ccc(S(N)(=O)=O)cc2)cc1. The summed E-state index contributed by atoms with van der Waals surface area (Å²) in [5.74, 6) is 0.207. The molecule has 9 heteroatoms. The molecule has 0 spiro atoms. The number of primary sulfonamides is 1. The number of nitriles is 1. The van der Waals surface area contributed by atoms with Gasteiger partial charge >= 0.3 is 0 Å². The Balaban J connectivity index is 1.96. The fourth-order valence-corrected chi connectivity index (χ4v) is 2.98. The number of ether oxygens (including phenoxy) is 1. The molecule has 0 saturated carbocycles. The second kappa shape index (κ2) is 9.73. The number of amides is 1. The van der Waals surface area contributed by atoms with E-state index in [1.165, 1.54) is 18.3 Å². The van der Waals surface area contributed by atoms with E-state index in [4.69, 9.17) is 9.88 Å². The van der Waals surface area contributed by atoms with Crippen molar-refractivity contribution in [2.24, 2.45) is 5.14 Å². The minimum Gasteiger partial charge on any atom is -0.497 e. The van der Waals surface area contributed by atoms with Crippen LogP contribution in [0.15, 0.2) is 65.2 Å². The van der Waals surface area contributed by atoms with Crippen molar-refractivity contribution < 1.29 is 17.9 Å². The molecule has 0 aliphatic heterocycles. The van der Waals surface area contributed by atoms with Crippen LogP contribution < -0.4 is 20.5 Å². The number of benzene rings is 2. The van der Waals surface area contributed by atoms with Crippen molar-refractivity contribution in [3.63, 3.8) is 0 Å². The van der Waals surface area contributed by atoms with Crippen molar-refractivity contribution in [3.8, 4) is 11.8 Å². The van der Waals surface area contributed by atoms with E-state index in [0.717, 1.165) is 11.1 Å². The number of nitrogens with zero attached hydrogens (tertiary/aromatic N) is 1. The molecule has 0 bridgehead atoms. The number of carbonyl (C=O) groups is 1. The quantitative estimate of drug-likeness (QED) is 0.445. The van der Waals surface area contributed by atoms with Gasteiger partial charge < -0.3 is 15.4 Å². The number of sulfonamides is 1. The van der Waals surface area contributed by atoms with Crippen molar-refractivity contribution in [1.82, 2.24) is 10.6 Å². The van der Waals surface area contributed by atoms with Crippen LogP contribution in [0.25, 0.3) is 0 Å². The summed E-state index contributed by atoms with van der Waals surface area (Å²) in [4.78, 5) is 12.3. The van der Waals surface area contributed by atoms with Gasteiger partial charge in [0.05, 0.1) is 18.0 Å². The van der Waals surface area contributed by atoms with Gasteiger partial charge in [-0.05, 0) is 42.3 Å². The van der Waals surface area contributed by atoms with Gasteiger partial charge in [0.25, 0.3) is 5.91 Å². The average Bonchev–Trinajstić information content (AvgIpc) is 2.70. The molecular weight excluding hydrogens is 392 g/mol. The highest BCUT2D eigenvalue weighted by atomic mass is 32.2. The van der Waals surface area contributed by atoms with Crippen LogP contribution in [0.1, 0.15) is 24.1 Å². The van der Waals surface area contributed by atoms with Crippen LogP contribution in [0.2, 0.25) is 0 Å². The Labute approximate surface area is 170 Å². The minimum absolute atomic E-state index is 0.0152. The summed E-state index contributed by atoms with van der Waals surface area (Å²) in [6, 6.07) is 14.8. The Morgan fingerprint density at radius 3 is 2.34 bits per heavy atom. The number of carbonyl (C=O) groups excluding carboxylic acids is 1. The van der Waals surface area contributed by atoms with Crippen molar-refractivity contribution >= 4 is 15.9 Å². The van der Waals surface area contributed by atoms with E-state index in [1.807, 2.05) is 25.1 Å². The molecule has 0 aliphatic rings. The van der Waals surface area contributed by atoms with Gasteiger partial charge in [0.1, 0.15) is 17.4 Å². The van der Waals surface area contributed by atoms with E-state index in [0.29, 0.717) is 12.3 Å². The Bertz CT molecular complexity index is 1020. The molecule has 0 radical (unpaired) electrons. The molecule has 0 fully saturated rings. The first-order chi connectivity index (χ1) is 13.7. The number of rotatable bonds is 8. The first-order valence-corrected chi connectivity index (χ1v) is 10.2. The fraction of sp³-hybridized carbons (Fsp3) is 0.200. The highest BCUT2D eigenvalue weighted by Gasteiger charge is 2.14. The third-order valence-electron chi connectivity index (χ3n) is 4.13. The Morgan fingerprint density at radius 1 is 1.21 bits per heavy atom. The predicted molar refractivity (Wildman–Crippen MR) is 108 cm³/mol. The molecule has 152 valence electrons. The molecule has 4 N–H and O–H groups in total. The average molecular weight is 414 g/mol. The van der Waals surface area contributed by atoms with E-state index >= 15 is 0 Å². The van der Waals surface area contributed by atoms with Crippen molar-refractivity contribution in [2.75, 3.05) is 7.11 Å². The lowest BCUT2D eigenvalue weighted by atomic mass is 10.1. The maximum absolute atomic E-state index is 12.3. The molecule has 0 heterocycles. The van der Waals surface area contributed by atoms with Crippen LogP contribution in [0.5, 0.6) is 5.75 Å². The Kier molecular flexibility index (Phi) is 7.36. The highest BCUT2D eigenvalue weighted by Crippen LogP contribution is 2.17. The Hall–Kier alpha value is -3.35. The molecule has 1 atom stereocenters. The molecule has 1 unspecified atom stereocenters. The number of hydrogen-bond acceptors (Lipinski definition) is 6. The van der Waals surface area contributed by atoms with Crippen LogP contribution in [0.3, 0.4) is 0 Å². The Morgan fingerprint density at radius 2 is 1.83 bits per heavy atom. The van der Waals surface area contributed by atoms with Crippen molar-refractivity contribution in [2.45, 2.75) is 24.4 Å². The minimum atomic E-state index is -3.74. The smallest absolute Gasteiger partial charge is 0.263 e. The number of nitrogens with one attached hydrogen (secondary N) is 2. The first-order valence-electron chi connectivity index (χ1n) is 8.65. The summed E-state index contributed by atoms with van der Waals surface area (Å²) in [5.41, 5.74) is 1.56. The van der Waals surface area contributed by atoms with E-state index in [2.05, 4.69) is 10.6 Å². The molecule has 2 aromatic rings. The molecule has 2 rings (SSSR count). The third kappa shape index (κ3) is 6.34. The first kappa shape index (κ1) is 21.9. The summed E-state index contributed by atoms with van der Waals surface area (Å²) in [6.45, 7) is 2.12. The monoisotopic (exact) mass is 414 g/mol. The third-order valence-corrected chi connectivity index (χ3v) is 5.06. The topological polar surface area (TPSA) is 134 Å². The summed E-state index contributed by atoms with van der Waals surface area (Å²) in [7, 11) is -2.17. The molecule has 29 heavy (non-hydrogen) atoms. The number of hydrogen-bond donors (Lipinski definition) is 3. The van der Waals surface area contributed by atoms with E-state index in [1.54, 1.807) is 31.4 Å². The summed E-state index contributed by atoms with van der Waals surface area (Å²) in [5, 5.41) is 20.0. The van der Waals surface area contributed by atoms with Crippen LogP contribution in [-0.4, -0.2) is 21.4 Å². The summed E-state index contributed by atoms with van der Waals surface area (Å²) >= 11 is 0. The van der Waals surface area contributed by atoms with Crippen molar-refractivity contribution in [3.05, 3.63) is 71.4 Å². The normalized spacial score (nSPS) is 12.6. The van der Waals surface area contributed by atoms with Gasteiger partial charge in [-0.2, -0.15) is 5.26 Å². The van der Waals surface area contributed by atoms with Gasteiger partial charge in [-0.1, -0.05) is 24.3 Å². The maximum atomic E-state index is 12.3. The van der Waals surface area contributed by atoms with Gasteiger partial charge in [-0.25, -0.2) is 13.6 Å². The fourth-order valence-electron chi connectivity index (χ4n) is 2.47.